The van der Waals surface area contributed by atoms with Crippen LogP contribution in [0.4, 0.5) is 21.9 Å². The fourth-order valence-corrected chi connectivity index (χ4v) is 3.06. The molecule has 0 bridgehead atoms. The summed E-state index contributed by atoms with van der Waals surface area (Å²) in [5.74, 6) is 0.00883. The van der Waals surface area contributed by atoms with E-state index in [2.05, 4.69) is 15.5 Å². The third-order valence-corrected chi connectivity index (χ3v) is 4.56. The summed E-state index contributed by atoms with van der Waals surface area (Å²) in [6, 6.07) is 10.2. The monoisotopic (exact) mass is 386 g/mol. The third-order valence-electron chi connectivity index (χ3n) is 3.28. The summed E-state index contributed by atoms with van der Waals surface area (Å²) in [5, 5.41) is 30.9. The molecule has 0 atom stereocenters. The van der Waals surface area contributed by atoms with Gasteiger partial charge in [0, 0.05) is 17.7 Å². The first kappa shape index (κ1) is 17.7. The second-order valence-electron chi connectivity index (χ2n) is 5.07. The van der Waals surface area contributed by atoms with Gasteiger partial charge < -0.3 is 10.4 Å². The normalized spacial score (nSPS) is 15.6. The van der Waals surface area contributed by atoms with Crippen molar-refractivity contribution < 1.29 is 14.8 Å². The van der Waals surface area contributed by atoms with Gasteiger partial charge in [-0.3, -0.25) is 14.9 Å². The molecular formula is C16H10N4O4S2. The van der Waals surface area contributed by atoms with Crippen molar-refractivity contribution in [1.82, 2.24) is 5.32 Å². The number of non-ortho nitro benzene ring substituents is 1. The molecule has 2 N–H and O–H groups in total. The van der Waals surface area contributed by atoms with Crippen LogP contribution < -0.4 is 5.32 Å². The van der Waals surface area contributed by atoms with Crippen LogP contribution in [-0.2, 0) is 0 Å². The lowest BCUT2D eigenvalue weighted by Gasteiger charge is -2.02. The number of phenols is 1. The highest BCUT2D eigenvalue weighted by atomic mass is 32.2. The van der Waals surface area contributed by atoms with Crippen LogP contribution in [-0.4, -0.2) is 20.3 Å². The molecule has 0 unspecified atom stereocenters. The van der Waals surface area contributed by atoms with Crippen LogP contribution in [0.25, 0.3) is 6.08 Å². The van der Waals surface area contributed by atoms with Crippen molar-refractivity contribution in [1.29, 1.82) is 0 Å². The minimum atomic E-state index is -0.494. The Hall–Kier alpha value is -3.11. The first-order valence-corrected chi connectivity index (χ1v) is 8.39. The maximum atomic E-state index is 11.3. The summed E-state index contributed by atoms with van der Waals surface area (Å²) >= 11 is 5.99. The number of carbonyl (C=O) groups excluding carboxylic acids is 1. The van der Waals surface area contributed by atoms with Crippen molar-refractivity contribution in [3.63, 3.8) is 0 Å². The number of thiocarbonyl (C=S) groups is 1. The van der Waals surface area contributed by atoms with Crippen molar-refractivity contribution in [3.05, 3.63) is 63.0 Å². The largest absolute Gasteiger partial charge is 0.507 e. The number of nitrogens with one attached hydrogen (secondary N) is 1. The summed E-state index contributed by atoms with van der Waals surface area (Å²) < 4.78 is 0. The minimum Gasteiger partial charge on any atom is -0.507 e. The Balaban J connectivity index is 1.83. The predicted molar refractivity (Wildman–Crippen MR) is 102 cm³/mol. The molecule has 10 heteroatoms. The number of phenolic OH excluding ortho intramolecular Hbond substituents is 1. The summed E-state index contributed by atoms with van der Waals surface area (Å²) in [5.41, 5.74) is 1.31. The van der Waals surface area contributed by atoms with E-state index in [1.165, 1.54) is 30.3 Å². The molecule has 1 aliphatic rings. The van der Waals surface area contributed by atoms with E-state index in [0.29, 0.717) is 26.8 Å². The first-order chi connectivity index (χ1) is 12.4. The molecule has 3 rings (SSSR count). The van der Waals surface area contributed by atoms with Crippen LogP contribution in [0.1, 0.15) is 5.56 Å². The quantitative estimate of drug-likeness (QED) is 0.255. The molecule has 1 aliphatic heterocycles. The highest BCUT2D eigenvalue weighted by Crippen LogP contribution is 2.32. The standard InChI is InChI=1S/C16H10N4O4S2/c21-13-6-3-11(7-9(13)8-14-15(25)17-16(22)26-14)19-18-10-1-4-12(5-2-10)20(23)24/h1-8,21H,(H,17,22,25)/b14-8-,19-18?. The van der Waals surface area contributed by atoms with Gasteiger partial charge in [-0.05, 0) is 48.2 Å². The summed E-state index contributed by atoms with van der Waals surface area (Å²) in [7, 11) is 0. The Morgan fingerprint density at radius 1 is 1.15 bits per heavy atom. The number of nitrogens with zero attached hydrogens (tertiary/aromatic N) is 3. The van der Waals surface area contributed by atoms with Crippen molar-refractivity contribution in [2.24, 2.45) is 10.2 Å². The number of nitro benzene ring substituents is 1. The van der Waals surface area contributed by atoms with Crippen molar-refractivity contribution in [3.8, 4) is 5.75 Å². The number of hydrogen-bond acceptors (Lipinski definition) is 8. The van der Waals surface area contributed by atoms with E-state index in [-0.39, 0.29) is 16.7 Å². The number of rotatable bonds is 4. The Labute approximate surface area is 156 Å². The molecule has 26 heavy (non-hydrogen) atoms. The van der Waals surface area contributed by atoms with Crippen molar-refractivity contribution in [2.45, 2.75) is 0 Å². The average Bonchev–Trinajstić information content (AvgIpc) is 2.93. The smallest absolute Gasteiger partial charge is 0.289 e. The zero-order valence-electron chi connectivity index (χ0n) is 12.9. The number of thioether (sulfide) groups is 1. The van der Waals surface area contributed by atoms with Crippen LogP contribution in [0.2, 0.25) is 0 Å². The minimum absolute atomic E-state index is 0.00883. The molecule has 1 fully saturated rings. The maximum absolute atomic E-state index is 11.3. The Kier molecular flexibility index (Phi) is 5.05. The zero-order chi connectivity index (χ0) is 18.7. The number of hydrogen-bond donors (Lipinski definition) is 2. The zero-order valence-corrected chi connectivity index (χ0v) is 14.6. The molecule has 0 spiro atoms. The maximum Gasteiger partial charge on any atom is 0.289 e. The number of aromatic hydroxyl groups is 1. The van der Waals surface area contributed by atoms with Gasteiger partial charge in [-0.25, -0.2) is 0 Å². The van der Waals surface area contributed by atoms with E-state index in [0.717, 1.165) is 11.8 Å². The second-order valence-corrected chi connectivity index (χ2v) is 6.49. The fraction of sp³-hybridized carbons (Fsp3) is 0. The van der Waals surface area contributed by atoms with Gasteiger partial charge in [0.15, 0.2) is 0 Å². The molecule has 8 nitrogen and oxygen atoms in total. The molecule has 1 heterocycles. The molecule has 0 aromatic heterocycles. The number of azo groups is 1. The van der Waals surface area contributed by atoms with Crippen LogP contribution in [0.3, 0.4) is 0 Å². The molecule has 2 aromatic rings. The van der Waals surface area contributed by atoms with Gasteiger partial charge in [0.2, 0.25) is 0 Å². The molecule has 1 amide bonds. The van der Waals surface area contributed by atoms with Gasteiger partial charge in [0.25, 0.3) is 10.9 Å². The Bertz CT molecular complexity index is 971. The van der Waals surface area contributed by atoms with E-state index in [9.17, 15) is 20.0 Å². The SMILES string of the molecule is O=C1NC(=S)/C(=C/c2cc(N=Nc3ccc([N+](=O)[O-])cc3)ccc2O)S1. The summed E-state index contributed by atoms with van der Waals surface area (Å²) in [4.78, 5) is 22.3. The Morgan fingerprint density at radius 3 is 2.42 bits per heavy atom. The van der Waals surface area contributed by atoms with Gasteiger partial charge >= 0.3 is 0 Å². The van der Waals surface area contributed by atoms with Crippen LogP contribution in [0, 0.1) is 10.1 Å². The van der Waals surface area contributed by atoms with Gasteiger partial charge in [-0.1, -0.05) is 12.2 Å². The summed E-state index contributed by atoms with van der Waals surface area (Å²) in [6.07, 6.45) is 1.59. The van der Waals surface area contributed by atoms with Crippen LogP contribution in [0.5, 0.6) is 5.75 Å². The number of carbonyl (C=O) groups is 1. The third kappa shape index (κ3) is 4.10. The highest BCUT2D eigenvalue weighted by Gasteiger charge is 2.21. The van der Waals surface area contributed by atoms with Gasteiger partial charge in [0.1, 0.15) is 10.7 Å². The molecule has 0 radical (unpaired) electrons. The molecule has 0 saturated carbocycles. The van der Waals surface area contributed by atoms with E-state index in [1.807, 2.05) is 0 Å². The van der Waals surface area contributed by atoms with Crippen molar-refractivity contribution >= 4 is 57.3 Å². The van der Waals surface area contributed by atoms with Crippen LogP contribution in [0.15, 0.2) is 57.6 Å². The number of nitro groups is 1. The predicted octanol–water partition coefficient (Wildman–Crippen LogP) is 4.84. The van der Waals surface area contributed by atoms with E-state index < -0.39 is 4.92 Å². The Morgan fingerprint density at radius 2 is 1.81 bits per heavy atom. The van der Waals surface area contributed by atoms with Gasteiger partial charge in [-0.2, -0.15) is 10.2 Å². The first-order valence-electron chi connectivity index (χ1n) is 7.16. The fourth-order valence-electron chi connectivity index (χ4n) is 2.04. The molecule has 130 valence electrons. The molecule has 2 aromatic carbocycles. The average molecular weight is 386 g/mol. The van der Waals surface area contributed by atoms with Crippen molar-refractivity contribution in [2.75, 3.05) is 0 Å². The summed E-state index contributed by atoms with van der Waals surface area (Å²) in [6.45, 7) is 0. The van der Waals surface area contributed by atoms with Gasteiger partial charge in [0.05, 0.1) is 21.2 Å². The van der Waals surface area contributed by atoms with E-state index in [4.69, 9.17) is 12.2 Å². The number of benzene rings is 2. The highest BCUT2D eigenvalue weighted by molar-refractivity contribution is 8.19. The topological polar surface area (TPSA) is 117 Å². The molecular weight excluding hydrogens is 376 g/mol. The molecule has 0 aliphatic carbocycles. The lowest BCUT2D eigenvalue weighted by atomic mass is 10.1. The lowest BCUT2D eigenvalue weighted by Crippen LogP contribution is -2.15. The van der Waals surface area contributed by atoms with Crippen LogP contribution >= 0.6 is 24.0 Å². The van der Waals surface area contributed by atoms with Gasteiger partial charge in [-0.15, -0.1) is 0 Å². The second kappa shape index (κ2) is 7.42. The number of amides is 1. The van der Waals surface area contributed by atoms with E-state index >= 15 is 0 Å². The lowest BCUT2D eigenvalue weighted by molar-refractivity contribution is -0.384. The van der Waals surface area contributed by atoms with E-state index in [1.54, 1.807) is 18.2 Å². The molecule has 1 saturated heterocycles.